The molecular formula is C11H12ClN. The van der Waals surface area contributed by atoms with Crippen molar-refractivity contribution >= 4 is 17.7 Å². The van der Waals surface area contributed by atoms with Crippen LogP contribution < -0.4 is 5.73 Å². The number of hydrogen-bond donors (Lipinski definition) is 1. The van der Waals surface area contributed by atoms with Crippen LogP contribution in [0.25, 0.3) is 6.08 Å². The van der Waals surface area contributed by atoms with E-state index in [1.807, 2.05) is 12.1 Å². The summed E-state index contributed by atoms with van der Waals surface area (Å²) in [6.07, 6.45) is 4.34. The molecule has 1 aliphatic rings. The Morgan fingerprint density at radius 2 is 2.15 bits per heavy atom. The van der Waals surface area contributed by atoms with Gasteiger partial charge in [0.1, 0.15) is 0 Å². The first kappa shape index (κ1) is 8.79. The second kappa shape index (κ2) is 3.52. The summed E-state index contributed by atoms with van der Waals surface area (Å²) in [4.78, 5) is 0. The Labute approximate surface area is 83.2 Å². The summed E-state index contributed by atoms with van der Waals surface area (Å²) < 4.78 is 0. The first-order chi connectivity index (χ1) is 6.29. The molecule has 0 saturated carbocycles. The van der Waals surface area contributed by atoms with Crippen molar-refractivity contribution < 1.29 is 0 Å². The highest BCUT2D eigenvalue weighted by Gasteiger charge is 2.08. The molecule has 1 nitrogen and oxygen atoms in total. The van der Waals surface area contributed by atoms with Crippen LogP contribution in [0.1, 0.15) is 17.5 Å². The maximum Gasteiger partial charge on any atom is 0.0412 e. The maximum absolute atomic E-state index is 5.91. The van der Waals surface area contributed by atoms with E-state index < -0.39 is 0 Å². The third kappa shape index (κ3) is 1.77. The first-order valence-electron chi connectivity index (χ1n) is 4.47. The number of benzene rings is 1. The number of halogens is 1. The molecule has 2 N–H and O–H groups in total. The third-order valence-corrected chi connectivity index (χ3v) is 2.68. The zero-order valence-electron chi connectivity index (χ0n) is 7.39. The molecule has 0 atom stereocenters. The minimum absolute atomic E-state index is 0.659. The SMILES string of the molecule is NCC1=Cc2cc(Cl)ccc2CC1. The number of nitrogens with two attached hydrogens (primary N) is 1. The van der Waals surface area contributed by atoms with Gasteiger partial charge in [-0.25, -0.2) is 0 Å². The molecule has 1 aromatic rings. The minimum Gasteiger partial charge on any atom is -0.327 e. The first-order valence-corrected chi connectivity index (χ1v) is 4.85. The van der Waals surface area contributed by atoms with Crippen molar-refractivity contribution in [1.82, 2.24) is 0 Å². The molecule has 0 spiro atoms. The molecule has 0 aliphatic heterocycles. The Morgan fingerprint density at radius 1 is 1.31 bits per heavy atom. The van der Waals surface area contributed by atoms with Crippen LogP contribution in [0.3, 0.4) is 0 Å². The van der Waals surface area contributed by atoms with Crippen LogP contribution in [-0.4, -0.2) is 6.54 Å². The molecule has 0 heterocycles. The molecular weight excluding hydrogens is 182 g/mol. The summed E-state index contributed by atoms with van der Waals surface area (Å²) in [7, 11) is 0. The molecule has 0 bridgehead atoms. The van der Waals surface area contributed by atoms with Crippen LogP contribution >= 0.6 is 11.6 Å². The van der Waals surface area contributed by atoms with Gasteiger partial charge in [0, 0.05) is 11.6 Å². The molecule has 2 rings (SSSR count). The molecule has 2 heteroatoms. The Hall–Kier alpha value is -0.790. The Bertz CT molecular complexity index is 355. The van der Waals surface area contributed by atoms with E-state index in [2.05, 4.69) is 12.1 Å². The van der Waals surface area contributed by atoms with Crippen LogP contribution in [-0.2, 0) is 6.42 Å². The predicted molar refractivity (Wildman–Crippen MR) is 56.8 cm³/mol. The van der Waals surface area contributed by atoms with E-state index in [4.69, 9.17) is 17.3 Å². The quantitative estimate of drug-likeness (QED) is 0.729. The van der Waals surface area contributed by atoms with Crippen molar-refractivity contribution in [2.45, 2.75) is 12.8 Å². The van der Waals surface area contributed by atoms with Gasteiger partial charge in [-0.15, -0.1) is 0 Å². The summed E-state index contributed by atoms with van der Waals surface area (Å²) in [5, 5.41) is 0.799. The molecule has 0 unspecified atom stereocenters. The fourth-order valence-electron chi connectivity index (χ4n) is 1.68. The molecule has 68 valence electrons. The van der Waals surface area contributed by atoms with Gasteiger partial charge in [-0.05, 0) is 36.1 Å². The smallest absolute Gasteiger partial charge is 0.0412 e. The highest BCUT2D eigenvalue weighted by molar-refractivity contribution is 6.30. The van der Waals surface area contributed by atoms with E-state index in [1.54, 1.807) is 0 Å². The average molecular weight is 194 g/mol. The van der Waals surface area contributed by atoms with Crippen LogP contribution in [0.4, 0.5) is 0 Å². The number of fused-ring (bicyclic) bond motifs is 1. The van der Waals surface area contributed by atoms with Crippen LogP contribution in [0, 0.1) is 0 Å². The van der Waals surface area contributed by atoms with Gasteiger partial charge >= 0.3 is 0 Å². The lowest BCUT2D eigenvalue weighted by atomic mass is 9.92. The average Bonchev–Trinajstić information content (AvgIpc) is 2.16. The highest BCUT2D eigenvalue weighted by Crippen LogP contribution is 2.25. The molecule has 0 amide bonds. The maximum atomic E-state index is 5.91. The largest absolute Gasteiger partial charge is 0.327 e. The van der Waals surface area contributed by atoms with E-state index in [1.165, 1.54) is 16.7 Å². The Kier molecular flexibility index (Phi) is 2.38. The summed E-state index contributed by atoms with van der Waals surface area (Å²) in [6, 6.07) is 6.05. The van der Waals surface area contributed by atoms with E-state index in [0.717, 1.165) is 17.9 Å². The fourth-order valence-corrected chi connectivity index (χ4v) is 1.86. The Balaban J connectivity index is 2.44. The van der Waals surface area contributed by atoms with Crippen molar-refractivity contribution in [2.24, 2.45) is 5.73 Å². The topological polar surface area (TPSA) is 26.0 Å². The molecule has 0 aromatic heterocycles. The highest BCUT2D eigenvalue weighted by atomic mass is 35.5. The number of aryl methyl sites for hydroxylation is 1. The second-order valence-electron chi connectivity index (χ2n) is 3.35. The minimum atomic E-state index is 0.659. The molecule has 0 radical (unpaired) electrons. The lowest BCUT2D eigenvalue weighted by Crippen LogP contribution is -2.08. The molecule has 1 aliphatic carbocycles. The van der Waals surface area contributed by atoms with Gasteiger partial charge in [0.05, 0.1) is 0 Å². The van der Waals surface area contributed by atoms with Gasteiger partial charge < -0.3 is 5.73 Å². The number of rotatable bonds is 1. The van der Waals surface area contributed by atoms with Gasteiger partial charge in [0.25, 0.3) is 0 Å². The van der Waals surface area contributed by atoms with Crippen LogP contribution in [0.2, 0.25) is 5.02 Å². The van der Waals surface area contributed by atoms with E-state index in [9.17, 15) is 0 Å². The zero-order chi connectivity index (χ0) is 9.26. The molecule has 0 fully saturated rings. The summed E-state index contributed by atoms with van der Waals surface area (Å²) in [6.45, 7) is 0.659. The van der Waals surface area contributed by atoms with Crippen molar-refractivity contribution in [1.29, 1.82) is 0 Å². The number of hydrogen-bond acceptors (Lipinski definition) is 1. The van der Waals surface area contributed by atoms with E-state index in [0.29, 0.717) is 6.54 Å². The van der Waals surface area contributed by atoms with Crippen molar-refractivity contribution in [3.05, 3.63) is 39.9 Å². The normalized spacial score (nSPS) is 15.1. The summed E-state index contributed by atoms with van der Waals surface area (Å²) in [5.41, 5.74) is 9.52. The van der Waals surface area contributed by atoms with Crippen LogP contribution in [0.5, 0.6) is 0 Å². The lowest BCUT2D eigenvalue weighted by molar-refractivity contribution is 0.893. The lowest BCUT2D eigenvalue weighted by Gasteiger charge is -2.15. The van der Waals surface area contributed by atoms with E-state index in [-0.39, 0.29) is 0 Å². The van der Waals surface area contributed by atoms with Gasteiger partial charge in [-0.2, -0.15) is 0 Å². The van der Waals surface area contributed by atoms with Crippen molar-refractivity contribution in [3.8, 4) is 0 Å². The second-order valence-corrected chi connectivity index (χ2v) is 3.79. The van der Waals surface area contributed by atoms with Crippen molar-refractivity contribution in [2.75, 3.05) is 6.54 Å². The third-order valence-electron chi connectivity index (χ3n) is 2.45. The summed E-state index contributed by atoms with van der Waals surface area (Å²) in [5.74, 6) is 0. The van der Waals surface area contributed by atoms with Crippen molar-refractivity contribution in [3.63, 3.8) is 0 Å². The van der Waals surface area contributed by atoms with Gasteiger partial charge in [0.15, 0.2) is 0 Å². The molecule has 13 heavy (non-hydrogen) atoms. The van der Waals surface area contributed by atoms with Crippen LogP contribution in [0.15, 0.2) is 23.8 Å². The van der Waals surface area contributed by atoms with Gasteiger partial charge in [0.2, 0.25) is 0 Å². The zero-order valence-corrected chi connectivity index (χ0v) is 8.14. The molecule has 1 aromatic carbocycles. The standard InChI is InChI=1S/C11H12ClN/c12-11-4-3-9-2-1-8(7-13)5-10(9)6-11/h3-6H,1-2,7,13H2. The molecule has 0 saturated heterocycles. The van der Waals surface area contributed by atoms with Gasteiger partial charge in [-0.3, -0.25) is 0 Å². The summed E-state index contributed by atoms with van der Waals surface area (Å²) >= 11 is 5.91. The van der Waals surface area contributed by atoms with Gasteiger partial charge in [-0.1, -0.05) is 29.3 Å². The van der Waals surface area contributed by atoms with E-state index >= 15 is 0 Å². The predicted octanol–water partition coefficient (Wildman–Crippen LogP) is 2.63. The fraction of sp³-hybridized carbons (Fsp3) is 0.273. The Morgan fingerprint density at radius 3 is 2.92 bits per heavy atom. The monoisotopic (exact) mass is 193 g/mol.